The molecule has 0 bridgehead atoms. The van der Waals surface area contributed by atoms with Crippen molar-refractivity contribution in [3.8, 4) is 0 Å². The quantitative estimate of drug-likeness (QED) is 0.433. The summed E-state index contributed by atoms with van der Waals surface area (Å²) in [5.74, 6) is 0.00449. The van der Waals surface area contributed by atoms with Crippen LogP contribution in [0.25, 0.3) is 10.1 Å². The molecule has 0 saturated carbocycles. The predicted molar refractivity (Wildman–Crippen MR) is 96.2 cm³/mol. The van der Waals surface area contributed by atoms with E-state index >= 15 is 0 Å². The molecule has 0 aliphatic carbocycles. The largest absolute Gasteiger partial charge is 0.398 e. The van der Waals surface area contributed by atoms with Crippen LogP contribution in [0.3, 0.4) is 0 Å². The van der Waals surface area contributed by atoms with E-state index in [-0.39, 0.29) is 5.78 Å². The smallest absolute Gasteiger partial charge is 0.194 e. The number of halogens is 2. The van der Waals surface area contributed by atoms with E-state index < -0.39 is 0 Å². The Balaban J connectivity index is 2.20. The maximum Gasteiger partial charge on any atom is 0.194 e. The molecule has 2 nitrogen and oxygen atoms in total. The summed E-state index contributed by atoms with van der Waals surface area (Å²) in [5.41, 5.74) is 8.76. The number of ketones is 1. The Kier molecular flexibility index (Phi) is 3.90. The number of thiophene rings is 1. The molecule has 3 rings (SSSR count). The van der Waals surface area contributed by atoms with E-state index in [9.17, 15) is 4.79 Å². The van der Waals surface area contributed by atoms with E-state index in [1.165, 1.54) is 0 Å². The normalized spacial score (nSPS) is 11.0. The van der Waals surface area contributed by atoms with Crippen LogP contribution >= 0.6 is 43.2 Å². The van der Waals surface area contributed by atoms with Crippen LogP contribution in [-0.4, -0.2) is 5.78 Å². The van der Waals surface area contributed by atoms with Gasteiger partial charge in [-0.25, -0.2) is 0 Å². The third-order valence-corrected chi connectivity index (χ3v) is 5.86. The second-order valence-corrected chi connectivity index (χ2v) is 7.41. The van der Waals surface area contributed by atoms with Gasteiger partial charge in [-0.05, 0) is 46.6 Å². The molecule has 0 fully saturated rings. The molecule has 0 radical (unpaired) electrons. The first-order chi connectivity index (χ1) is 9.99. The van der Waals surface area contributed by atoms with Crippen molar-refractivity contribution >= 4 is 64.8 Å². The molecule has 0 aliphatic heterocycles. The van der Waals surface area contributed by atoms with E-state index in [1.807, 2.05) is 42.6 Å². The number of nitrogen functional groups attached to an aromatic ring is 1. The number of carbonyl (C=O) groups is 1. The second kappa shape index (κ2) is 5.55. The van der Waals surface area contributed by atoms with Gasteiger partial charge < -0.3 is 5.73 Å². The summed E-state index contributed by atoms with van der Waals surface area (Å²) in [4.78, 5) is 12.9. The third-order valence-electron chi connectivity index (χ3n) is 3.45. The molecule has 2 N–H and O–H groups in total. The lowest BCUT2D eigenvalue weighted by molar-refractivity contribution is 0.104. The highest BCUT2D eigenvalue weighted by Crippen LogP contribution is 2.34. The number of hydrogen-bond acceptors (Lipinski definition) is 3. The van der Waals surface area contributed by atoms with Crippen molar-refractivity contribution in [1.29, 1.82) is 0 Å². The van der Waals surface area contributed by atoms with Gasteiger partial charge in [-0.2, -0.15) is 0 Å². The molecule has 3 aromatic rings. The van der Waals surface area contributed by atoms with Crippen LogP contribution in [-0.2, 0) is 0 Å². The lowest BCUT2D eigenvalue weighted by atomic mass is 9.98. The van der Waals surface area contributed by atoms with Crippen molar-refractivity contribution in [2.75, 3.05) is 5.73 Å². The van der Waals surface area contributed by atoms with Crippen LogP contribution in [0.1, 0.15) is 21.5 Å². The van der Waals surface area contributed by atoms with Gasteiger partial charge in [0.15, 0.2) is 5.78 Å². The number of hydrogen-bond donors (Lipinski definition) is 1. The van der Waals surface area contributed by atoms with Crippen LogP contribution in [0.5, 0.6) is 0 Å². The molecule has 106 valence electrons. The maximum atomic E-state index is 12.9. The topological polar surface area (TPSA) is 43.1 Å². The second-order valence-electron chi connectivity index (χ2n) is 4.76. The van der Waals surface area contributed by atoms with Gasteiger partial charge in [0.25, 0.3) is 0 Å². The predicted octanol–water partition coefficient (Wildman–Crippen LogP) is 5.55. The Bertz CT molecular complexity index is 870. The van der Waals surface area contributed by atoms with Crippen LogP contribution in [0.4, 0.5) is 5.69 Å². The van der Waals surface area contributed by atoms with Crippen molar-refractivity contribution in [3.63, 3.8) is 0 Å². The molecule has 0 atom stereocenters. The molecule has 0 unspecified atom stereocenters. The zero-order chi connectivity index (χ0) is 15.1. The van der Waals surface area contributed by atoms with Gasteiger partial charge in [-0.1, -0.05) is 28.1 Å². The number of fused-ring (bicyclic) bond motifs is 1. The van der Waals surface area contributed by atoms with E-state index in [2.05, 4.69) is 31.9 Å². The molecule has 1 heterocycles. The summed E-state index contributed by atoms with van der Waals surface area (Å²) in [6, 6.07) is 9.54. The molecule has 0 aliphatic rings. The van der Waals surface area contributed by atoms with Gasteiger partial charge in [0.1, 0.15) is 0 Å². The number of carbonyl (C=O) groups excluding carboxylic acids is 1. The minimum atomic E-state index is 0.00449. The minimum absolute atomic E-state index is 0.00449. The number of benzene rings is 2. The average Bonchev–Trinajstić information content (AvgIpc) is 2.87. The Morgan fingerprint density at radius 1 is 1.19 bits per heavy atom. The molecule has 21 heavy (non-hydrogen) atoms. The minimum Gasteiger partial charge on any atom is -0.398 e. The summed E-state index contributed by atoms with van der Waals surface area (Å²) in [6.45, 7) is 1.87. The summed E-state index contributed by atoms with van der Waals surface area (Å²) >= 11 is 8.49. The van der Waals surface area contributed by atoms with Crippen LogP contribution < -0.4 is 5.73 Å². The monoisotopic (exact) mass is 423 g/mol. The fraction of sp³-hybridized carbons (Fsp3) is 0.0625. The number of rotatable bonds is 2. The molecule has 1 aromatic heterocycles. The first-order valence-corrected chi connectivity index (χ1v) is 8.71. The highest BCUT2D eigenvalue weighted by Gasteiger charge is 2.18. The van der Waals surface area contributed by atoms with Crippen molar-refractivity contribution in [1.82, 2.24) is 0 Å². The van der Waals surface area contributed by atoms with E-state index in [4.69, 9.17) is 5.73 Å². The zero-order valence-corrected chi connectivity index (χ0v) is 15.1. The fourth-order valence-electron chi connectivity index (χ4n) is 2.28. The van der Waals surface area contributed by atoms with Gasteiger partial charge in [-0.15, -0.1) is 11.3 Å². The Morgan fingerprint density at radius 2 is 1.95 bits per heavy atom. The average molecular weight is 425 g/mol. The number of anilines is 1. The summed E-state index contributed by atoms with van der Waals surface area (Å²) in [5, 5.41) is 2.88. The lowest BCUT2D eigenvalue weighted by Crippen LogP contribution is -2.05. The summed E-state index contributed by atoms with van der Waals surface area (Å²) in [6.07, 6.45) is 0. The van der Waals surface area contributed by atoms with Crippen LogP contribution in [0, 0.1) is 6.92 Å². The van der Waals surface area contributed by atoms with E-state index in [1.54, 1.807) is 11.3 Å². The SMILES string of the molecule is Cc1c(N)cc(Br)cc1C(=O)c1csc2c(Br)cccc12. The summed E-state index contributed by atoms with van der Waals surface area (Å²) in [7, 11) is 0. The maximum absolute atomic E-state index is 12.9. The third kappa shape index (κ3) is 2.54. The van der Waals surface area contributed by atoms with Crippen LogP contribution in [0.2, 0.25) is 0 Å². The van der Waals surface area contributed by atoms with E-state index in [0.29, 0.717) is 11.3 Å². The van der Waals surface area contributed by atoms with E-state index in [0.717, 1.165) is 30.2 Å². The molecule has 2 aromatic carbocycles. The van der Waals surface area contributed by atoms with Gasteiger partial charge >= 0.3 is 0 Å². The van der Waals surface area contributed by atoms with Gasteiger partial charge in [-0.3, -0.25) is 4.79 Å². The van der Waals surface area contributed by atoms with Gasteiger partial charge in [0.05, 0.1) is 0 Å². The molecule has 5 heteroatoms. The van der Waals surface area contributed by atoms with Crippen LogP contribution in [0.15, 0.2) is 44.7 Å². The lowest BCUT2D eigenvalue weighted by Gasteiger charge is -2.08. The van der Waals surface area contributed by atoms with Crippen molar-refractivity contribution in [3.05, 3.63) is 61.3 Å². The Hall–Kier alpha value is -1.17. The molecular formula is C16H11Br2NOS. The standard InChI is InChI=1S/C16H11Br2NOS/c1-8-11(5-9(17)6-14(8)19)15(20)12-7-21-16-10(12)3-2-4-13(16)18/h2-7H,19H2,1H3. The Morgan fingerprint density at radius 3 is 2.71 bits per heavy atom. The molecule has 0 spiro atoms. The van der Waals surface area contributed by atoms with Crippen molar-refractivity contribution in [2.24, 2.45) is 0 Å². The van der Waals surface area contributed by atoms with Crippen molar-refractivity contribution in [2.45, 2.75) is 6.92 Å². The first kappa shape index (κ1) is 14.8. The highest BCUT2D eigenvalue weighted by atomic mass is 79.9. The molecule has 0 amide bonds. The highest BCUT2D eigenvalue weighted by molar-refractivity contribution is 9.11. The molecule has 0 saturated heterocycles. The first-order valence-electron chi connectivity index (χ1n) is 6.25. The zero-order valence-electron chi connectivity index (χ0n) is 11.1. The van der Waals surface area contributed by atoms with Crippen molar-refractivity contribution < 1.29 is 4.79 Å². The Labute approximate surface area is 143 Å². The number of nitrogens with two attached hydrogens (primary N) is 1. The fourth-order valence-corrected chi connectivity index (χ4v) is 4.36. The summed E-state index contributed by atoms with van der Waals surface area (Å²) < 4.78 is 2.91. The van der Waals surface area contributed by atoms with Gasteiger partial charge in [0, 0.05) is 41.2 Å². The molecular weight excluding hydrogens is 414 g/mol. The van der Waals surface area contributed by atoms with Gasteiger partial charge in [0.2, 0.25) is 0 Å².